The van der Waals surface area contributed by atoms with Crippen molar-refractivity contribution in [3.63, 3.8) is 0 Å². The molecule has 1 fully saturated rings. The van der Waals surface area contributed by atoms with Crippen LogP contribution in [0.25, 0.3) is 0 Å². The fourth-order valence-corrected chi connectivity index (χ4v) is 3.87. The van der Waals surface area contributed by atoms with Gasteiger partial charge in [0.25, 0.3) is 0 Å². The third-order valence-corrected chi connectivity index (χ3v) is 5.55. The summed E-state index contributed by atoms with van der Waals surface area (Å²) in [6, 6.07) is 16.1. The minimum Gasteiger partial charge on any atom is -0.490 e. The zero-order valence-electron chi connectivity index (χ0n) is 16.6. The summed E-state index contributed by atoms with van der Waals surface area (Å²) in [6.45, 7) is 2.82. The number of aliphatic carboxylic acids is 1. The van der Waals surface area contributed by atoms with E-state index in [-0.39, 0.29) is 5.92 Å². The van der Waals surface area contributed by atoms with Crippen LogP contribution in [0.5, 0.6) is 11.5 Å². The highest BCUT2D eigenvalue weighted by atomic mass is 16.5. The second-order valence-electron chi connectivity index (χ2n) is 7.54. The highest BCUT2D eigenvalue weighted by molar-refractivity contribution is 5.70. The van der Waals surface area contributed by atoms with Crippen molar-refractivity contribution < 1.29 is 19.4 Å². The average molecular weight is 383 g/mol. The normalized spacial score (nSPS) is 15.3. The molecule has 1 aliphatic rings. The van der Waals surface area contributed by atoms with E-state index in [9.17, 15) is 9.90 Å². The van der Waals surface area contributed by atoms with Crippen LogP contribution in [0.3, 0.4) is 0 Å². The third-order valence-electron chi connectivity index (χ3n) is 5.55. The summed E-state index contributed by atoms with van der Waals surface area (Å²) in [5.74, 6) is 1.23. The molecule has 0 aromatic heterocycles. The number of rotatable bonds is 10. The molecule has 2 aromatic rings. The first-order valence-electron chi connectivity index (χ1n) is 10.3. The van der Waals surface area contributed by atoms with Gasteiger partial charge in [-0.1, -0.05) is 44.0 Å². The predicted octanol–water partition coefficient (Wildman–Crippen LogP) is 5.46. The number of hydrogen-bond donors (Lipinski definition) is 1. The molecule has 0 radical (unpaired) electrons. The third kappa shape index (κ3) is 5.75. The Morgan fingerprint density at radius 2 is 1.71 bits per heavy atom. The summed E-state index contributed by atoms with van der Waals surface area (Å²) in [4.78, 5) is 11.2. The standard InChI is InChI=1S/C24H30O4/c1-2-19(24(25)26)16-18-6-5-9-23(17-18)28-15-14-27-22-12-10-21(11-13-22)20-7-3-4-8-20/h5-6,9-13,17,19-20H,2-4,7-8,14-16H2,1H3,(H,25,26). The van der Waals surface area contributed by atoms with Gasteiger partial charge in [-0.2, -0.15) is 0 Å². The van der Waals surface area contributed by atoms with Crippen LogP contribution in [0.4, 0.5) is 0 Å². The van der Waals surface area contributed by atoms with Crippen LogP contribution in [0.1, 0.15) is 56.1 Å². The number of hydrogen-bond acceptors (Lipinski definition) is 3. The van der Waals surface area contributed by atoms with Crippen molar-refractivity contribution in [1.29, 1.82) is 0 Å². The maximum absolute atomic E-state index is 11.2. The van der Waals surface area contributed by atoms with Crippen LogP contribution < -0.4 is 9.47 Å². The Balaban J connectivity index is 1.43. The Kier molecular flexibility index (Phi) is 7.35. The lowest BCUT2D eigenvalue weighted by Gasteiger charge is -2.13. The van der Waals surface area contributed by atoms with Crippen LogP contribution >= 0.6 is 0 Å². The van der Waals surface area contributed by atoms with Crippen molar-refractivity contribution in [2.75, 3.05) is 13.2 Å². The molecule has 1 atom stereocenters. The lowest BCUT2D eigenvalue weighted by Crippen LogP contribution is -2.15. The van der Waals surface area contributed by atoms with Crippen LogP contribution in [0.2, 0.25) is 0 Å². The number of ether oxygens (including phenoxy) is 2. The van der Waals surface area contributed by atoms with Gasteiger partial charge in [-0.15, -0.1) is 0 Å². The van der Waals surface area contributed by atoms with Crippen molar-refractivity contribution in [1.82, 2.24) is 0 Å². The van der Waals surface area contributed by atoms with Gasteiger partial charge in [-0.25, -0.2) is 0 Å². The Morgan fingerprint density at radius 1 is 1.04 bits per heavy atom. The zero-order valence-corrected chi connectivity index (χ0v) is 16.6. The molecule has 28 heavy (non-hydrogen) atoms. The molecule has 1 unspecified atom stereocenters. The quantitative estimate of drug-likeness (QED) is 0.555. The van der Waals surface area contributed by atoms with Crippen LogP contribution in [0.15, 0.2) is 48.5 Å². The first-order chi connectivity index (χ1) is 13.7. The van der Waals surface area contributed by atoms with E-state index in [0.29, 0.717) is 26.1 Å². The fraction of sp³-hybridized carbons (Fsp3) is 0.458. The highest BCUT2D eigenvalue weighted by Gasteiger charge is 2.17. The minimum absolute atomic E-state index is 0.356. The SMILES string of the molecule is CCC(Cc1cccc(OCCOc2ccc(C3CCCC3)cc2)c1)C(=O)O. The van der Waals surface area contributed by atoms with Gasteiger partial charge in [0.1, 0.15) is 24.7 Å². The first-order valence-corrected chi connectivity index (χ1v) is 10.3. The Morgan fingerprint density at radius 3 is 2.36 bits per heavy atom. The monoisotopic (exact) mass is 382 g/mol. The van der Waals surface area contributed by atoms with E-state index in [1.807, 2.05) is 43.3 Å². The van der Waals surface area contributed by atoms with E-state index >= 15 is 0 Å². The molecule has 0 bridgehead atoms. The second-order valence-corrected chi connectivity index (χ2v) is 7.54. The first kappa shape index (κ1) is 20.2. The molecule has 0 amide bonds. The largest absolute Gasteiger partial charge is 0.490 e. The Labute approximate surface area is 167 Å². The van der Waals surface area contributed by atoms with Crippen molar-refractivity contribution in [2.45, 2.75) is 51.4 Å². The molecule has 0 saturated heterocycles. The van der Waals surface area contributed by atoms with Gasteiger partial charge >= 0.3 is 5.97 Å². The molecule has 0 aliphatic heterocycles. The summed E-state index contributed by atoms with van der Waals surface area (Å²) in [6.07, 6.45) is 6.44. The van der Waals surface area contributed by atoms with Gasteiger partial charge in [0.15, 0.2) is 0 Å². The summed E-state index contributed by atoms with van der Waals surface area (Å²) in [5.41, 5.74) is 2.40. The van der Waals surface area contributed by atoms with Gasteiger partial charge < -0.3 is 14.6 Å². The van der Waals surface area contributed by atoms with E-state index < -0.39 is 5.97 Å². The van der Waals surface area contributed by atoms with Gasteiger partial charge in [-0.3, -0.25) is 4.79 Å². The molecule has 0 spiro atoms. The van der Waals surface area contributed by atoms with Crippen LogP contribution in [-0.2, 0) is 11.2 Å². The molecule has 1 saturated carbocycles. The zero-order chi connectivity index (χ0) is 19.8. The molecule has 4 heteroatoms. The molecule has 150 valence electrons. The van der Waals surface area contributed by atoms with Gasteiger partial charge in [-0.05, 0) is 67.0 Å². The van der Waals surface area contributed by atoms with Gasteiger partial charge in [0.2, 0.25) is 0 Å². The molecule has 4 nitrogen and oxygen atoms in total. The smallest absolute Gasteiger partial charge is 0.306 e. The molecule has 1 N–H and O–H groups in total. The number of benzene rings is 2. The molecule has 3 rings (SSSR count). The van der Waals surface area contributed by atoms with Crippen molar-refractivity contribution >= 4 is 5.97 Å². The van der Waals surface area contributed by atoms with Crippen LogP contribution in [0, 0.1) is 5.92 Å². The molecule has 0 heterocycles. The van der Waals surface area contributed by atoms with Crippen LogP contribution in [-0.4, -0.2) is 24.3 Å². The number of carboxylic acid groups (broad SMARTS) is 1. The molecule has 2 aromatic carbocycles. The van der Waals surface area contributed by atoms with E-state index in [4.69, 9.17) is 9.47 Å². The Hall–Kier alpha value is -2.49. The van der Waals surface area contributed by atoms with Gasteiger partial charge in [0.05, 0.1) is 5.92 Å². The predicted molar refractivity (Wildman–Crippen MR) is 110 cm³/mol. The number of carbonyl (C=O) groups is 1. The maximum Gasteiger partial charge on any atom is 0.306 e. The van der Waals surface area contributed by atoms with Crippen molar-refractivity contribution in [2.24, 2.45) is 5.92 Å². The lowest BCUT2D eigenvalue weighted by molar-refractivity contribution is -0.141. The lowest BCUT2D eigenvalue weighted by atomic mass is 9.97. The summed E-state index contributed by atoms with van der Waals surface area (Å²) in [7, 11) is 0. The van der Waals surface area contributed by atoms with Gasteiger partial charge in [0, 0.05) is 0 Å². The van der Waals surface area contributed by atoms with Crippen molar-refractivity contribution in [3.8, 4) is 11.5 Å². The molecular weight excluding hydrogens is 352 g/mol. The molecule has 1 aliphatic carbocycles. The summed E-state index contributed by atoms with van der Waals surface area (Å²) < 4.78 is 11.6. The van der Waals surface area contributed by atoms with Crippen molar-refractivity contribution in [3.05, 3.63) is 59.7 Å². The van der Waals surface area contributed by atoms with E-state index in [0.717, 1.165) is 23.0 Å². The maximum atomic E-state index is 11.2. The summed E-state index contributed by atoms with van der Waals surface area (Å²) in [5, 5.41) is 9.22. The van der Waals surface area contributed by atoms with E-state index in [1.165, 1.54) is 31.2 Å². The fourth-order valence-electron chi connectivity index (χ4n) is 3.87. The minimum atomic E-state index is -0.749. The highest BCUT2D eigenvalue weighted by Crippen LogP contribution is 2.34. The van der Waals surface area contributed by atoms with E-state index in [1.54, 1.807) is 0 Å². The molecular formula is C24H30O4. The topological polar surface area (TPSA) is 55.8 Å². The number of carboxylic acids is 1. The summed E-state index contributed by atoms with van der Waals surface area (Å²) >= 11 is 0. The second kappa shape index (κ2) is 10.2. The Bertz CT molecular complexity index is 747. The van der Waals surface area contributed by atoms with E-state index in [2.05, 4.69) is 12.1 Å². The average Bonchev–Trinajstić information content (AvgIpc) is 3.25.